The fraction of sp³-hybridized carbons (Fsp3) is 0.500. The summed E-state index contributed by atoms with van der Waals surface area (Å²) in [6.07, 6.45) is 6.12. The topological polar surface area (TPSA) is 92.7 Å². The molecule has 5 rings (SSSR count). The molecular weight excluding hydrogens is 432 g/mol. The molecule has 0 radical (unpaired) electrons. The van der Waals surface area contributed by atoms with E-state index in [-0.39, 0.29) is 35.3 Å². The van der Waals surface area contributed by atoms with Crippen molar-refractivity contribution in [3.05, 3.63) is 52.4 Å². The van der Waals surface area contributed by atoms with Crippen LogP contribution in [0.1, 0.15) is 50.1 Å². The van der Waals surface area contributed by atoms with Gasteiger partial charge in [-0.1, -0.05) is 19.3 Å². The van der Waals surface area contributed by atoms with Gasteiger partial charge >= 0.3 is 6.03 Å². The number of hydrogen-bond acceptors (Lipinski definition) is 4. The van der Waals surface area contributed by atoms with Crippen LogP contribution in [0, 0.1) is 11.8 Å². The first-order chi connectivity index (χ1) is 16.5. The zero-order valence-corrected chi connectivity index (χ0v) is 19.6. The van der Waals surface area contributed by atoms with Crippen molar-refractivity contribution in [3.8, 4) is 5.75 Å². The van der Waals surface area contributed by atoms with Crippen LogP contribution < -0.4 is 20.9 Å². The first-order valence-electron chi connectivity index (χ1n) is 12.3. The minimum Gasteiger partial charge on any atom is -0.497 e. The third-order valence-corrected chi connectivity index (χ3v) is 7.45. The molecule has 1 aromatic heterocycles. The number of ether oxygens (including phenoxy) is 1. The van der Waals surface area contributed by atoms with Crippen LogP contribution in [-0.2, 0) is 11.3 Å². The first-order valence-corrected chi connectivity index (χ1v) is 12.3. The molecule has 2 bridgehead atoms. The van der Waals surface area contributed by atoms with Gasteiger partial charge in [0.05, 0.1) is 12.8 Å². The van der Waals surface area contributed by atoms with Crippen molar-refractivity contribution >= 4 is 23.3 Å². The number of pyridine rings is 1. The van der Waals surface area contributed by atoms with Crippen LogP contribution in [0.4, 0.5) is 16.2 Å². The quantitative estimate of drug-likeness (QED) is 0.715. The Labute approximate surface area is 199 Å². The summed E-state index contributed by atoms with van der Waals surface area (Å²) < 4.78 is 6.99. The van der Waals surface area contributed by atoms with Crippen LogP contribution in [-0.4, -0.2) is 41.6 Å². The molecule has 1 aliphatic carbocycles. The Bertz CT molecular complexity index is 1120. The van der Waals surface area contributed by atoms with Gasteiger partial charge in [-0.05, 0) is 55.5 Å². The molecule has 34 heavy (non-hydrogen) atoms. The SMILES string of the molecule is COc1ccc(NC(=O)N2C[C@H]3C[C@H](C2)c2c(NC(=O)C4CCCCC4)ccc(=O)n2C3)cc1. The molecule has 3 amide bonds. The number of amides is 3. The molecule has 8 nitrogen and oxygen atoms in total. The van der Waals surface area contributed by atoms with Gasteiger partial charge in [0.15, 0.2) is 0 Å². The summed E-state index contributed by atoms with van der Waals surface area (Å²) in [5.74, 6) is 1.03. The smallest absolute Gasteiger partial charge is 0.321 e. The summed E-state index contributed by atoms with van der Waals surface area (Å²) in [4.78, 5) is 40.5. The third-order valence-electron chi connectivity index (χ3n) is 7.45. The number of carbonyl (C=O) groups is 2. The number of piperidine rings is 1. The Morgan fingerprint density at radius 1 is 0.941 bits per heavy atom. The van der Waals surface area contributed by atoms with Crippen LogP contribution >= 0.6 is 0 Å². The van der Waals surface area contributed by atoms with Gasteiger partial charge in [-0.25, -0.2) is 4.79 Å². The van der Waals surface area contributed by atoms with Gasteiger partial charge in [-0.3, -0.25) is 9.59 Å². The highest BCUT2D eigenvalue weighted by Gasteiger charge is 2.38. The van der Waals surface area contributed by atoms with Crippen molar-refractivity contribution in [1.82, 2.24) is 9.47 Å². The van der Waals surface area contributed by atoms with Crippen molar-refractivity contribution in [1.29, 1.82) is 0 Å². The van der Waals surface area contributed by atoms with Crippen molar-refractivity contribution in [2.75, 3.05) is 30.8 Å². The second kappa shape index (κ2) is 9.52. The average molecular weight is 465 g/mol. The average Bonchev–Trinajstić information content (AvgIpc) is 2.86. The van der Waals surface area contributed by atoms with E-state index in [0.717, 1.165) is 49.2 Å². The number of fused-ring (bicyclic) bond motifs is 4. The van der Waals surface area contributed by atoms with Crippen molar-refractivity contribution in [2.24, 2.45) is 11.8 Å². The molecule has 180 valence electrons. The van der Waals surface area contributed by atoms with Gasteiger partial charge in [0.25, 0.3) is 5.56 Å². The number of likely N-dealkylation sites (tertiary alicyclic amines) is 1. The van der Waals surface area contributed by atoms with Gasteiger partial charge in [0, 0.05) is 48.9 Å². The number of methoxy groups -OCH3 is 1. The molecule has 1 aromatic carbocycles. The summed E-state index contributed by atoms with van der Waals surface area (Å²) in [7, 11) is 1.61. The van der Waals surface area contributed by atoms with Crippen molar-refractivity contribution in [2.45, 2.75) is 51.0 Å². The fourth-order valence-corrected chi connectivity index (χ4v) is 5.76. The third kappa shape index (κ3) is 4.54. The Kier molecular flexibility index (Phi) is 6.30. The van der Waals surface area contributed by atoms with E-state index in [1.54, 1.807) is 19.2 Å². The maximum absolute atomic E-state index is 13.0. The predicted octanol–water partition coefficient (Wildman–Crippen LogP) is 4.03. The number of urea groups is 1. The van der Waals surface area contributed by atoms with Crippen LogP contribution in [0.3, 0.4) is 0 Å². The van der Waals surface area contributed by atoms with Gasteiger partial charge in [-0.2, -0.15) is 0 Å². The minimum atomic E-state index is -0.153. The van der Waals surface area contributed by atoms with Gasteiger partial charge in [0.2, 0.25) is 5.91 Å². The summed E-state index contributed by atoms with van der Waals surface area (Å²) in [5, 5.41) is 6.11. The maximum atomic E-state index is 13.0. The number of hydrogen-bond donors (Lipinski definition) is 2. The van der Waals surface area contributed by atoms with E-state index in [1.165, 1.54) is 6.42 Å². The first kappa shape index (κ1) is 22.5. The zero-order valence-electron chi connectivity index (χ0n) is 19.6. The number of carbonyl (C=O) groups excluding carboxylic acids is 2. The Balaban J connectivity index is 1.34. The van der Waals surface area contributed by atoms with Crippen LogP contribution in [0.2, 0.25) is 0 Å². The van der Waals surface area contributed by atoms with Crippen LogP contribution in [0.15, 0.2) is 41.2 Å². The maximum Gasteiger partial charge on any atom is 0.321 e. The van der Waals surface area contributed by atoms with E-state index in [9.17, 15) is 14.4 Å². The second-order valence-corrected chi connectivity index (χ2v) is 9.77. The summed E-state index contributed by atoms with van der Waals surface area (Å²) >= 11 is 0. The number of anilines is 2. The molecule has 0 spiro atoms. The van der Waals surface area contributed by atoms with E-state index < -0.39 is 0 Å². The molecule has 1 saturated heterocycles. The standard InChI is InChI=1S/C26H32N4O4/c1-34-21-9-7-20(8-10-21)27-26(33)29-14-17-13-19(16-29)24-22(11-12-23(31)30(24)15-17)28-25(32)18-5-3-2-4-6-18/h7-12,17-19H,2-6,13-16H2,1H3,(H,27,33)(H,28,32)/t17-,19-/m1/s1. The molecular formula is C26H32N4O4. The molecule has 0 unspecified atom stereocenters. The van der Waals surface area contributed by atoms with Crippen LogP contribution in [0.25, 0.3) is 0 Å². The Morgan fingerprint density at radius 2 is 1.71 bits per heavy atom. The number of nitrogens with one attached hydrogen (secondary N) is 2. The lowest BCUT2D eigenvalue weighted by Crippen LogP contribution is -2.50. The molecule has 2 atom stereocenters. The van der Waals surface area contributed by atoms with E-state index in [0.29, 0.717) is 25.3 Å². The molecule has 3 aliphatic rings. The van der Waals surface area contributed by atoms with E-state index >= 15 is 0 Å². The molecule has 8 heteroatoms. The van der Waals surface area contributed by atoms with Crippen LogP contribution in [0.5, 0.6) is 5.75 Å². The Hall–Kier alpha value is -3.29. The molecule has 1 saturated carbocycles. The molecule has 2 N–H and O–H groups in total. The molecule has 2 fully saturated rings. The molecule has 3 heterocycles. The number of rotatable bonds is 4. The lowest BCUT2D eigenvalue weighted by Gasteiger charge is -2.43. The highest BCUT2D eigenvalue weighted by atomic mass is 16.5. The summed E-state index contributed by atoms with van der Waals surface area (Å²) in [5.41, 5.74) is 2.24. The van der Waals surface area contributed by atoms with Crippen molar-refractivity contribution in [3.63, 3.8) is 0 Å². The van der Waals surface area contributed by atoms with Crippen molar-refractivity contribution < 1.29 is 14.3 Å². The van der Waals surface area contributed by atoms with E-state index in [2.05, 4.69) is 10.6 Å². The minimum absolute atomic E-state index is 0.00433. The molecule has 2 aromatic rings. The Morgan fingerprint density at radius 3 is 2.44 bits per heavy atom. The lowest BCUT2D eigenvalue weighted by atomic mass is 9.82. The van der Waals surface area contributed by atoms with E-state index in [1.807, 2.05) is 33.7 Å². The van der Waals surface area contributed by atoms with Gasteiger partial charge in [-0.15, -0.1) is 0 Å². The number of nitrogens with zero attached hydrogens (tertiary/aromatic N) is 2. The zero-order chi connectivity index (χ0) is 23.7. The lowest BCUT2D eigenvalue weighted by molar-refractivity contribution is -0.120. The largest absolute Gasteiger partial charge is 0.497 e. The fourth-order valence-electron chi connectivity index (χ4n) is 5.76. The predicted molar refractivity (Wildman–Crippen MR) is 130 cm³/mol. The molecule has 2 aliphatic heterocycles. The normalized spacial score (nSPS) is 22.0. The summed E-state index contributed by atoms with van der Waals surface area (Å²) in [6, 6.07) is 10.4. The van der Waals surface area contributed by atoms with Gasteiger partial charge < -0.3 is 24.8 Å². The highest BCUT2D eigenvalue weighted by Crippen LogP contribution is 2.39. The monoisotopic (exact) mass is 464 g/mol. The second-order valence-electron chi connectivity index (χ2n) is 9.77. The highest BCUT2D eigenvalue weighted by molar-refractivity contribution is 5.93. The summed E-state index contributed by atoms with van der Waals surface area (Å²) in [6.45, 7) is 1.67. The number of benzene rings is 1. The number of aromatic nitrogens is 1. The van der Waals surface area contributed by atoms with E-state index in [4.69, 9.17) is 4.74 Å². The van der Waals surface area contributed by atoms with Gasteiger partial charge in [0.1, 0.15) is 5.75 Å².